The number of carbonyl (C=O) groups excluding carboxylic acids is 1. The molecule has 2 aromatic rings. The first-order valence-electron chi connectivity index (χ1n) is 6.32. The highest BCUT2D eigenvalue weighted by Crippen LogP contribution is 2.18. The number of aldehydes is 1. The summed E-state index contributed by atoms with van der Waals surface area (Å²) in [6.07, 6.45) is 2.59. The predicted octanol–water partition coefficient (Wildman–Crippen LogP) is 5.10. The molecule has 1 unspecified atom stereocenters. The van der Waals surface area contributed by atoms with Crippen molar-refractivity contribution in [3.63, 3.8) is 0 Å². The summed E-state index contributed by atoms with van der Waals surface area (Å²) in [4.78, 5) is 10.1. The zero-order chi connectivity index (χ0) is 15.7. The minimum Gasteiger partial charge on any atom is -0.388 e. The maximum atomic E-state index is 10.1. The molecule has 0 aromatic heterocycles. The Kier molecular flexibility index (Phi) is 7.76. The Balaban J connectivity index is 0.000000219. The van der Waals surface area contributed by atoms with Crippen LogP contribution in [-0.4, -0.2) is 11.4 Å². The molecule has 0 saturated heterocycles. The van der Waals surface area contributed by atoms with Gasteiger partial charge in [0.15, 0.2) is 0 Å². The third-order valence-electron chi connectivity index (χ3n) is 2.65. The molecule has 0 aliphatic heterocycles. The van der Waals surface area contributed by atoms with Gasteiger partial charge in [-0.3, -0.25) is 4.79 Å². The first kappa shape index (κ1) is 17.4. The van der Waals surface area contributed by atoms with E-state index in [1.807, 2.05) is 12.1 Å². The Labute approximate surface area is 134 Å². The Morgan fingerprint density at radius 3 is 1.90 bits per heavy atom. The zero-order valence-electron chi connectivity index (χ0n) is 11.4. The highest BCUT2D eigenvalue weighted by molar-refractivity contribution is 6.30. The van der Waals surface area contributed by atoms with Crippen LogP contribution in [0.4, 0.5) is 0 Å². The number of rotatable bonds is 4. The maximum absolute atomic E-state index is 10.1. The van der Waals surface area contributed by atoms with Gasteiger partial charge in [-0.05, 0) is 36.2 Å². The van der Waals surface area contributed by atoms with E-state index in [4.69, 9.17) is 23.2 Å². The molecule has 0 bridgehead atoms. The zero-order valence-corrected chi connectivity index (χ0v) is 12.9. The Morgan fingerprint density at radius 2 is 1.48 bits per heavy atom. The van der Waals surface area contributed by atoms with Gasteiger partial charge in [-0.25, -0.2) is 0 Å². The summed E-state index contributed by atoms with van der Waals surface area (Å²) in [7, 11) is 0. The van der Waals surface area contributed by atoms with Crippen LogP contribution in [-0.2, 0) is 0 Å². The van der Waals surface area contributed by atoms with E-state index in [1.165, 1.54) is 0 Å². The van der Waals surface area contributed by atoms with Crippen LogP contribution in [0.25, 0.3) is 0 Å². The van der Waals surface area contributed by atoms with E-state index in [9.17, 15) is 9.90 Å². The molecule has 2 rings (SSSR count). The summed E-state index contributed by atoms with van der Waals surface area (Å²) in [6.45, 7) is 3.56. The molecule has 1 N–H and O–H groups in total. The molecule has 0 spiro atoms. The first-order valence-corrected chi connectivity index (χ1v) is 7.07. The van der Waals surface area contributed by atoms with E-state index in [2.05, 4.69) is 6.58 Å². The first-order chi connectivity index (χ1) is 10.1. The van der Waals surface area contributed by atoms with Crippen molar-refractivity contribution in [1.82, 2.24) is 0 Å². The average Bonchev–Trinajstić information content (AvgIpc) is 2.50. The molecule has 0 aliphatic rings. The molecule has 2 aromatic carbocycles. The van der Waals surface area contributed by atoms with Crippen molar-refractivity contribution in [3.05, 3.63) is 82.4 Å². The monoisotopic (exact) mass is 322 g/mol. The molecule has 0 amide bonds. The van der Waals surface area contributed by atoms with Crippen LogP contribution in [0.5, 0.6) is 0 Å². The molecule has 0 fully saturated rings. The lowest BCUT2D eigenvalue weighted by molar-refractivity contribution is 0.112. The van der Waals surface area contributed by atoms with Gasteiger partial charge in [0, 0.05) is 15.6 Å². The van der Waals surface area contributed by atoms with Crippen molar-refractivity contribution < 1.29 is 9.90 Å². The van der Waals surface area contributed by atoms with Gasteiger partial charge in [0.1, 0.15) is 6.29 Å². The second kappa shape index (κ2) is 9.35. The number of hydrogen-bond acceptors (Lipinski definition) is 2. The molecule has 0 radical (unpaired) electrons. The number of aliphatic hydroxyl groups is 1. The fourth-order valence-corrected chi connectivity index (χ4v) is 1.77. The lowest BCUT2D eigenvalue weighted by atomic mass is 10.1. The van der Waals surface area contributed by atoms with E-state index in [-0.39, 0.29) is 0 Å². The predicted molar refractivity (Wildman–Crippen MR) is 88.1 cm³/mol. The molecule has 21 heavy (non-hydrogen) atoms. The van der Waals surface area contributed by atoms with Crippen molar-refractivity contribution >= 4 is 29.5 Å². The molecule has 0 aliphatic carbocycles. The molecule has 2 nitrogen and oxygen atoms in total. The second-order valence-corrected chi connectivity index (χ2v) is 5.13. The van der Waals surface area contributed by atoms with E-state index in [0.29, 0.717) is 22.0 Å². The largest absolute Gasteiger partial charge is 0.388 e. The number of halogens is 2. The van der Waals surface area contributed by atoms with Gasteiger partial charge >= 0.3 is 0 Å². The molecule has 0 saturated carbocycles. The number of benzene rings is 2. The van der Waals surface area contributed by atoms with Crippen LogP contribution in [0, 0.1) is 0 Å². The highest BCUT2D eigenvalue weighted by Gasteiger charge is 2.03. The summed E-state index contributed by atoms with van der Waals surface area (Å²) in [5, 5.41) is 10.8. The van der Waals surface area contributed by atoms with Gasteiger partial charge in [-0.2, -0.15) is 0 Å². The van der Waals surface area contributed by atoms with E-state index in [0.717, 1.165) is 11.8 Å². The van der Waals surface area contributed by atoms with Gasteiger partial charge in [-0.15, -0.1) is 6.58 Å². The van der Waals surface area contributed by atoms with Gasteiger partial charge in [0.25, 0.3) is 0 Å². The third kappa shape index (κ3) is 6.58. The van der Waals surface area contributed by atoms with Crippen LogP contribution >= 0.6 is 23.2 Å². The quantitative estimate of drug-likeness (QED) is 0.628. The SMILES string of the molecule is C=CCC(O)c1ccc(Cl)cc1.O=Cc1ccc(Cl)cc1. The van der Waals surface area contributed by atoms with Crippen LogP contribution in [0.3, 0.4) is 0 Å². The molecule has 4 heteroatoms. The summed E-state index contributed by atoms with van der Waals surface area (Å²) in [5.74, 6) is 0. The van der Waals surface area contributed by atoms with Crippen molar-refractivity contribution in [2.45, 2.75) is 12.5 Å². The topological polar surface area (TPSA) is 37.3 Å². The Hall–Kier alpha value is -1.61. The van der Waals surface area contributed by atoms with E-state index in [1.54, 1.807) is 42.5 Å². The molecule has 0 heterocycles. The van der Waals surface area contributed by atoms with Crippen LogP contribution in [0.2, 0.25) is 10.0 Å². The molecular formula is C17H16Cl2O2. The molecular weight excluding hydrogens is 307 g/mol. The summed E-state index contributed by atoms with van der Waals surface area (Å²) >= 11 is 11.2. The number of aliphatic hydroxyl groups excluding tert-OH is 1. The minimum atomic E-state index is -0.459. The number of hydrogen-bond donors (Lipinski definition) is 1. The maximum Gasteiger partial charge on any atom is 0.150 e. The van der Waals surface area contributed by atoms with Crippen LogP contribution in [0.1, 0.15) is 28.4 Å². The van der Waals surface area contributed by atoms with E-state index >= 15 is 0 Å². The minimum absolute atomic E-state index is 0.459. The standard InChI is InChI=1S/C10H11ClO.C7H5ClO/c1-2-3-10(12)8-4-6-9(11)7-5-8;8-7-3-1-6(5-9)2-4-7/h2,4-7,10,12H,1,3H2;1-5H. The Morgan fingerprint density at radius 1 is 1.00 bits per heavy atom. The van der Waals surface area contributed by atoms with Crippen molar-refractivity contribution in [3.8, 4) is 0 Å². The highest BCUT2D eigenvalue weighted by atomic mass is 35.5. The van der Waals surface area contributed by atoms with Crippen LogP contribution < -0.4 is 0 Å². The van der Waals surface area contributed by atoms with Gasteiger partial charge in [-0.1, -0.05) is 53.5 Å². The summed E-state index contributed by atoms with van der Waals surface area (Å²) < 4.78 is 0. The Bertz CT molecular complexity index is 562. The second-order valence-electron chi connectivity index (χ2n) is 4.26. The smallest absolute Gasteiger partial charge is 0.150 e. The van der Waals surface area contributed by atoms with Gasteiger partial charge < -0.3 is 5.11 Å². The fraction of sp³-hybridized carbons (Fsp3) is 0.118. The van der Waals surface area contributed by atoms with Gasteiger partial charge in [0.2, 0.25) is 0 Å². The molecule has 110 valence electrons. The normalized spacial score (nSPS) is 11.0. The summed E-state index contributed by atoms with van der Waals surface area (Å²) in [5.41, 5.74) is 1.53. The average molecular weight is 323 g/mol. The van der Waals surface area contributed by atoms with Crippen LogP contribution in [0.15, 0.2) is 61.2 Å². The lowest BCUT2D eigenvalue weighted by Gasteiger charge is -2.07. The van der Waals surface area contributed by atoms with E-state index < -0.39 is 6.10 Å². The summed E-state index contributed by atoms with van der Waals surface area (Å²) in [6, 6.07) is 13.9. The van der Waals surface area contributed by atoms with Crippen molar-refractivity contribution in [2.24, 2.45) is 0 Å². The van der Waals surface area contributed by atoms with Gasteiger partial charge in [0.05, 0.1) is 6.10 Å². The molecule has 1 atom stereocenters. The lowest BCUT2D eigenvalue weighted by Crippen LogP contribution is -1.94. The third-order valence-corrected chi connectivity index (χ3v) is 3.15. The fourth-order valence-electron chi connectivity index (χ4n) is 1.52. The van der Waals surface area contributed by atoms with Crippen molar-refractivity contribution in [1.29, 1.82) is 0 Å². The van der Waals surface area contributed by atoms with Crippen molar-refractivity contribution in [2.75, 3.05) is 0 Å². The number of carbonyl (C=O) groups is 1.